The summed E-state index contributed by atoms with van der Waals surface area (Å²) in [6.07, 6.45) is 7.75. The maximum atomic E-state index is 12.9. The van der Waals surface area contributed by atoms with E-state index in [0.29, 0.717) is 17.9 Å². The van der Waals surface area contributed by atoms with Crippen LogP contribution in [0.4, 0.5) is 5.69 Å². The van der Waals surface area contributed by atoms with Gasteiger partial charge in [0.2, 0.25) is 5.91 Å². The zero-order valence-electron chi connectivity index (χ0n) is 18.1. The lowest BCUT2D eigenvalue weighted by atomic mass is 10.0. The molecule has 0 bridgehead atoms. The van der Waals surface area contributed by atoms with Gasteiger partial charge in [-0.25, -0.2) is 0 Å². The second-order valence-corrected chi connectivity index (χ2v) is 9.88. The predicted octanol–water partition coefficient (Wildman–Crippen LogP) is 3.48. The minimum absolute atomic E-state index is 0.0625. The first kappa shape index (κ1) is 22.7. The summed E-state index contributed by atoms with van der Waals surface area (Å²) in [6.45, 7) is 4.77. The quantitative estimate of drug-likeness (QED) is 0.741. The Bertz CT molecular complexity index is 867. The minimum atomic E-state index is -3.83. The van der Waals surface area contributed by atoms with Gasteiger partial charge in [-0.05, 0) is 63.4 Å². The summed E-state index contributed by atoms with van der Waals surface area (Å²) in [7, 11) is -1.94. The Morgan fingerprint density at radius 2 is 1.97 bits per heavy atom. The molecule has 3 rings (SSSR count). The average molecular weight is 435 g/mol. The molecule has 1 aromatic rings. The Morgan fingerprint density at radius 1 is 1.17 bits per heavy atom. The van der Waals surface area contributed by atoms with Gasteiger partial charge in [-0.15, -0.1) is 4.40 Å². The number of sulfonamides is 1. The Morgan fingerprint density at radius 3 is 2.77 bits per heavy atom. The average Bonchev–Trinajstić information content (AvgIpc) is 2.93. The van der Waals surface area contributed by atoms with Crippen molar-refractivity contribution in [2.75, 3.05) is 32.0 Å². The van der Waals surface area contributed by atoms with Crippen LogP contribution in [0.2, 0.25) is 0 Å². The van der Waals surface area contributed by atoms with Crippen LogP contribution >= 0.6 is 0 Å². The van der Waals surface area contributed by atoms with Crippen LogP contribution < -0.4 is 5.32 Å². The van der Waals surface area contributed by atoms with Crippen LogP contribution in [-0.4, -0.2) is 62.7 Å². The van der Waals surface area contributed by atoms with Gasteiger partial charge in [0.05, 0.1) is 10.9 Å². The smallest absolute Gasteiger partial charge is 0.284 e. The van der Waals surface area contributed by atoms with Crippen molar-refractivity contribution in [3.8, 4) is 0 Å². The van der Waals surface area contributed by atoms with Crippen molar-refractivity contribution in [1.29, 1.82) is 0 Å². The van der Waals surface area contributed by atoms with Crippen LogP contribution in [0, 0.1) is 0 Å². The van der Waals surface area contributed by atoms with Gasteiger partial charge in [0.15, 0.2) is 0 Å². The maximum absolute atomic E-state index is 12.9. The number of likely N-dealkylation sites (tertiary alicyclic amines) is 2. The van der Waals surface area contributed by atoms with E-state index in [1.54, 1.807) is 12.1 Å². The van der Waals surface area contributed by atoms with E-state index >= 15 is 0 Å². The highest BCUT2D eigenvalue weighted by Gasteiger charge is 2.28. The van der Waals surface area contributed by atoms with E-state index < -0.39 is 10.0 Å². The van der Waals surface area contributed by atoms with E-state index in [1.807, 2.05) is 11.9 Å². The van der Waals surface area contributed by atoms with E-state index in [0.717, 1.165) is 64.6 Å². The number of nitrogens with one attached hydrogen (secondary N) is 1. The number of hydrogen-bond donors (Lipinski definition) is 1. The fourth-order valence-corrected chi connectivity index (χ4v) is 5.38. The summed E-state index contributed by atoms with van der Waals surface area (Å²) < 4.78 is 29.9. The fourth-order valence-electron chi connectivity index (χ4n) is 4.24. The molecular formula is C22H34N4O3S. The van der Waals surface area contributed by atoms with Gasteiger partial charge in [0.1, 0.15) is 5.84 Å². The lowest BCUT2D eigenvalue weighted by molar-refractivity contribution is -0.122. The first-order valence-electron chi connectivity index (χ1n) is 11.1. The molecule has 1 atom stereocenters. The number of piperidine rings is 1. The summed E-state index contributed by atoms with van der Waals surface area (Å²) in [4.78, 5) is 17.1. The van der Waals surface area contributed by atoms with Crippen LogP contribution in [0.3, 0.4) is 0 Å². The van der Waals surface area contributed by atoms with E-state index in [1.165, 1.54) is 12.1 Å². The van der Waals surface area contributed by atoms with Crippen LogP contribution in [0.1, 0.15) is 58.3 Å². The zero-order chi connectivity index (χ0) is 21.6. The molecule has 166 valence electrons. The molecule has 0 saturated carbocycles. The van der Waals surface area contributed by atoms with Crippen molar-refractivity contribution in [1.82, 2.24) is 9.80 Å². The maximum Gasteiger partial charge on any atom is 0.284 e. The second kappa shape index (κ2) is 10.4. The van der Waals surface area contributed by atoms with E-state index in [-0.39, 0.29) is 16.8 Å². The van der Waals surface area contributed by atoms with Crippen LogP contribution in [0.5, 0.6) is 0 Å². The van der Waals surface area contributed by atoms with Gasteiger partial charge >= 0.3 is 0 Å². The molecule has 0 aliphatic carbocycles. The van der Waals surface area contributed by atoms with Crippen molar-refractivity contribution < 1.29 is 13.2 Å². The monoisotopic (exact) mass is 434 g/mol. The topological polar surface area (TPSA) is 82.1 Å². The zero-order valence-corrected chi connectivity index (χ0v) is 19.0. The number of carbonyl (C=O) groups is 1. The molecule has 1 amide bonds. The molecule has 2 saturated heterocycles. The number of amides is 1. The number of carbonyl (C=O) groups excluding carboxylic acids is 1. The Kier molecular flexibility index (Phi) is 7.88. The van der Waals surface area contributed by atoms with Crippen molar-refractivity contribution in [2.24, 2.45) is 4.40 Å². The van der Waals surface area contributed by atoms with E-state index in [2.05, 4.69) is 21.5 Å². The molecule has 7 nitrogen and oxygen atoms in total. The molecular weight excluding hydrogens is 400 g/mol. The highest BCUT2D eigenvalue weighted by Crippen LogP contribution is 2.22. The molecule has 2 aliphatic heterocycles. The number of benzene rings is 1. The highest BCUT2D eigenvalue weighted by molar-refractivity contribution is 7.90. The van der Waals surface area contributed by atoms with E-state index in [4.69, 9.17) is 0 Å². The van der Waals surface area contributed by atoms with Crippen molar-refractivity contribution in [3.05, 3.63) is 24.3 Å². The molecule has 0 radical (unpaired) electrons. The third-order valence-corrected chi connectivity index (χ3v) is 7.19. The summed E-state index contributed by atoms with van der Waals surface area (Å²) in [5.41, 5.74) is 0.498. The van der Waals surface area contributed by atoms with Gasteiger partial charge in [-0.1, -0.05) is 25.8 Å². The van der Waals surface area contributed by atoms with Crippen molar-refractivity contribution in [2.45, 2.75) is 69.2 Å². The fraction of sp³-hybridized carbons (Fsp3) is 0.636. The minimum Gasteiger partial charge on any atom is -0.362 e. The Balaban J connectivity index is 1.76. The van der Waals surface area contributed by atoms with Crippen LogP contribution in [-0.2, 0) is 14.8 Å². The number of anilines is 1. The largest absolute Gasteiger partial charge is 0.362 e. The lowest BCUT2D eigenvalue weighted by Crippen LogP contribution is -2.47. The summed E-state index contributed by atoms with van der Waals surface area (Å²) in [5.74, 6) is 0.548. The molecule has 0 spiro atoms. The second-order valence-electron chi connectivity index (χ2n) is 8.28. The van der Waals surface area contributed by atoms with Gasteiger partial charge in [0.25, 0.3) is 10.0 Å². The number of nitrogens with zero attached hydrogens (tertiary/aromatic N) is 3. The molecule has 2 fully saturated rings. The predicted molar refractivity (Wildman–Crippen MR) is 120 cm³/mol. The summed E-state index contributed by atoms with van der Waals surface area (Å²) >= 11 is 0. The summed E-state index contributed by atoms with van der Waals surface area (Å²) in [6, 6.07) is 6.29. The molecule has 1 aromatic carbocycles. The van der Waals surface area contributed by atoms with Gasteiger partial charge in [-0.2, -0.15) is 8.42 Å². The normalized spacial score (nSPS) is 22.7. The van der Waals surface area contributed by atoms with Crippen LogP contribution in [0.15, 0.2) is 33.6 Å². The molecule has 1 N–H and O–H groups in total. The number of rotatable bonds is 6. The van der Waals surface area contributed by atoms with Gasteiger partial charge < -0.3 is 10.2 Å². The Labute approximate surface area is 180 Å². The molecule has 0 aromatic heterocycles. The van der Waals surface area contributed by atoms with Gasteiger partial charge in [-0.3, -0.25) is 9.69 Å². The molecule has 1 unspecified atom stereocenters. The molecule has 2 heterocycles. The highest BCUT2D eigenvalue weighted by atomic mass is 32.2. The Hall–Kier alpha value is -1.93. The summed E-state index contributed by atoms with van der Waals surface area (Å²) in [5, 5.41) is 2.93. The van der Waals surface area contributed by atoms with Crippen LogP contribution in [0.25, 0.3) is 0 Å². The lowest BCUT2D eigenvalue weighted by Gasteiger charge is -2.34. The van der Waals surface area contributed by atoms with Crippen molar-refractivity contribution in [3.63, 3.8) is 0 Å². The SMILES string of the molecule is CCCN1CCCCC1C(=O)Nc1cccc(S(=O)(=O)/N=C2/CCCCCN2C)c1. The van der Waals surface area contributed by atoms with E-state index in [9.17, 15) is 13.2 Å². The third kappa shape index (κ3) is 5.82. The molecule has 30 heavy (non-hydrogen) atoms. The standard InChI is InChI=1S/C22H34N4O3S/c1-3-14-26-16-8-6-12-20(26)22(27)23-18-10-9-11-19(17-18)30(28,29)24-21-13-5-4-7-15-25(21)2/h9-11,17,20H,3-8,12-16H2,1-2H3,(H,23,27)/b24-21-. The number of hydrogen-bond acceptors (Lipinski definition) is 4. The third-order valence-electron chi connectivity index (χ3n) is 5.89. The first-order chi connectivity index (χ1) is 14.4. The molecule has 8 heteroatoms. The van der Waals surface area contributed by atoms with Crippen molar-refractivity contribution >= 4 is 27.5 Å². The first-order valence-corrected chi connectivity index (χ1v) is 12.5. The number of amidine groups is 1. The van der Waals surface area contributed by atoms with Gasteiger partial charge in [0, 0.05) is 25.7 Å². The molecule has 2 aliphatic rings.